The van der Waals surface area contributed by atoms with Crippen molar-refractivity contribution in [3.63, 3.8) is 0 Å². The summed E-state index contributed by atoms with van der Waals surface area (Å²) in [5.41, 5.74) is 4.27. The van der Waals surface area contributed by atoms with Crippen LogP contribution in [0.4, 0.5) is 5.69 Å². The van der Waals surface area contributed by atoms with Crippen molar-refractivity contribution in [2.45, 2.75) is 33.2 Å². The minimum Gasteiger partial charge on any atom is -0.320 e. The summed E-state index contributed by atoms with van der Waals surface area (Å²) < 4.78 is 3.38. The molecule has 162 valence electrons. The number of benzene rings is 2. The molecule has 1 saturated heterocycles. The Morgan fingerprint density at radius 1 is 1.00 bits per heavy atom. The van der Waals surface area contributed by atoms with Crippen LogP contribution in [-0.2, 0) is 18.4 Å². The first-order valence-corrected chi connectivity index (χ1v) is 10.9. The molecule has 0 spiro atoms. The third-order valence-electron chi connectivity index (χ3n) is 6.29. The number of piperidine rings is 1. The van der Waals surface area contributed by atoms with Gasteiger partial charge in [0, 0.05) is 19.5 Å². The summed E-state index contributed by atoms with van der Waals surface area (Å²) in [6.07, 6.45) is 1.60. The lowest BCUT2D eigenvalue weighted by Gasteiger charge is -2.31. The molecule has 6 nitrogen and oxygen atoms in total. The Balaban J connectivity index is 1.40. The highest BCUT2D eigenvalue weighted by Gasteiger charge is 2.27. The topological polar surface area (TPSA) is 59.3 Å². The Kier molecular flexibility index (Phi) is 6.09. The number of anilines is 1. The molecule has 6 heteroatoms. The van der Waals surface area contributed by atoms with E-state index in [4.69, 9.17) is 0 Å². The van der Waals surface area contributed by atoms with Gasteiger partial charge in [-0.05, 0) is 57.5 Å². The molecular formula is C25H30N4O2. The van der Waals surface area contributed by atoms with Gasteiger partial charge in [-0.15, -0.1) is 0 Å². The molecule has 0 unspecified atom stereocenters. The van der Waals surface area contributed by atoms with E-state index in [0.29, 0.717) is 5.69 Å². The smallest absolute Gasteiger partial charge is 0.295 e. The molecule has 1 amide bonds. The van der Waals surface area contributed by atoms with E-state index in [1.807, 2.05) is 44.3 Å². The number of nitrogens with zero attached hydrogens (tertiary/aromatic N) is 3. The van der Waals surface area contributed by atoms with Crippen molar-refractivity contribution in [2.75, 3.05) is 18.4 Å². The second-order valence-corrected chi connectivity index (χ2v) is 8.46. The number of rotatable bonds is 5. The Hall–Kier alpha value is -3.12. The van der Waals surface area contributed by atoms with Crippen LogP contribution in [0, 0.1) is 19.8 Å². The van der Waals surface area contributed by atoms with Crippen LogP contribution in [0.25, 0.3) is 5.69 Å². The van der Waals surface area contributed by atoms with Gasteiger partial charge in [0.1, 0.15) is 5.69 Å². The molecule has 2 aromatic carbocycles. The molecular weight excluding hydrogens is 388 g/mol. The fraction of sp³-hybridized carbons (Fsp3) is 0.360. The Morgan fingerprint density at radius 3 is 2.29 bits per heavy atom. The van der Waals surface area contributed by atoms with E-state index in [9.17, 15) is 9.59 Å². The van der Waals surface area contributed by atoms with Crippen molar-refractivity contribution in [1.82, 2.24) is 14.3 Å². The highest BCUT2D eigenvalue weighted by Crippen LogP contribution is 2.22. The Labute approximate surface area is 183 Å². The second kappa shape index (κ2) is 8.94. The molecule has 0 bridgehead atoms. The van der Waals surface area contributed by atoms with E-state index in [2.05, 4.69) is 41.4 Å². The molecule has 1 aliphatic rings. The van der Waals surface area contributed by atoms with Gasteiger partial charge in [0.2, 0.25) is 5.91 Å². The van der Waals surface area contributed by atoms with Crippen LogP contribution in [0.15, 0.2) is 59.4 Å². The molecule has 0 radical (unpaired) electrons. The highest BCUT2D eigenvalue weighted by atomic mass is 16.2. The highest BCUT2D eigenvalue weighted by molar-refractivity contribution is 5.93. The van der Waals surface area contributed by atoms with Crippen LogP contribution in [0.5, 0.6) is 0 Å². The molecule has 1 fully saturated rings. The second-order valence-electron chi connectivity index (χ2n) is 8.46. The Morgan fingerprint density at radius 2 is 1.65 bits per heavy atom. The van der Waals surface area contributed by atoms with Crippen molar-refractivity contribution in [3.8, 4) is 5.69 Å². The maximum Gasteiger partial charge on any atom is 0.295 e. The molecule has 0 saturated carbocycles. The van der Waals surface area contributed by atoms with Crippen molar-refractivity contribution in [2.24, 2.45) is 13.0 Å². The number of amides is 1. The first kappa shape index (κ1) is 21.1. The van der Waals surface area contributed by atoms with Gasteiger partial charge in [0.05, 0.1) is 11.4 Å². The standard InChI is InChI=1S/C25H30N4O2/c1-18-9-11-20(12-10-18)17-28-15-13-21(14-16-28)24(30)26-23-19(2)27(3)29(25(23)31)22-7-5-4-6-8-22/h4-12,21H,13-17H2,1-3H3,(H,26,30). The average Bonchev–Trinajstić information content (AvgIpc) is 2.99. The van der Waals surface area contributed by atoms with Crippen LogP contribution < -0.4 is 10.9 Å². The summed E-state index contributed by atoms with van der Waals surface area (Å²) in [4.78, 5) is 28.4. The average molecular weight is 419 g/mol. The first-order chi connectivity index (χ1) is 14.9. The zero-order valence-corrected chi connectivity index (χ0v) is 18.5. The van der Waals surface area contributed by atoms with Crippen LogP contribution in [0.1, 0.15) is 29.7 Å². The Bertz CT molecular complexity index is 1100. The fourth-order valence-corrected chi connectivity index (χ4v) is 4.24. The monoisotopic (exact) mass is 418 g/mol. The summed E-state index contributed by atoms with van der Waals surface area (Å²) in [6, 6.07) is 18.1. The lowest BCUT2D eigenvalue weighted by molar-refractivity contribution is -0.121. The van der Waals surface area contributed by atoms with Gasteiger partial charge in [0.25, 0.3) is 5.56 Å². The predicted octanol–water partition coefficient (Wildman–Crippen LogP) is 3.64. The zero-order chi connectivity index (χ0) is 22.0. The van der Waals surface area contributed by atoms with Crippen molar-refractivity contribution in [1.29, 1.82) is 0 Å². The van der Waals surface area contributed by atoms with Crippen molar-refractivity contribution < 1.29 is 4.79 Å². The molecule has 4 rings (SSSR count). The molecule has 0 aliphatic carbocycles. The van der Waals surface area contributed by atoms with Crippen LogP contribution in [-0.4, -0.2) is 33.3 Å². The van der Waals surface area contributed by atoms with Crippen molar-refractivity contribution in [3.05, 3.63) is 81.8 Å². The van der Waals surface area contributed by atoms with Gasteiger partial charge in [0.15, 0.2) is 0 Å². The number of para-hydroxylation sites is 1. The normalized spacial score (nSPS) is 15.2. The van der Waals surface area contributed by atoms with Crippen LogP contribution >= 0.6 is 0 Å². The molecule has 3 aromatic rings. The summed E-state index contributed by atoms with van der Waals surface area (Å²) in [5, 5.41) is 2.94. The molecule has 0 atom stereocenters. The van der Waals surface area contributed by atoms with Crippen LogP contribution in [0.2, 0.25) is 0 Å². The quantitative estimate of drug-likeness (QED) is 0.688. The molecule has 1 aromatic heterocycles. The van der Waals surface area contributed by atoms with E-state index in [1.165, 1.54) is 11.1 Å². The largest absolute Gasteiger partial charge is 0.320 e. The number of carbonyl (C=O) groups excluding carboxylic acids is 1. The zero-order valence-electron chi connectivity index (χ0n) is 18.5. The molecule has 1 aliphatic heterocycles. The lowest BCUT2D eigenvalue weighted by Crippen LogP contribution is -2.38. The van der Waals surface area contributed by atoms with Gasteiger partial charge in [-0.2, -0.15) is 0 Å². The minimum absolute atomic E-state index is 0.0546. The third kappa shape index (κ3) is 4.49. The maximum atomic E-state index is 13.0. The minimum atomic E-state index is -0.198. The van der Waals surface area contributed by atoms with Gasteiger partial charge in [-0.1, -0.05) is 48.0 Å². The molecule has 2 heterocycles. The number of nitrogens with one attached hydrogen (secondary N) is 1. The summed E-state index contributed by atoms with van der Waals surface area (Å²) in [6.45, 7) is 6.63. The predicted molar refractivity (Wildman–Crippen MR) is 124 cm³/mol. The summed E-state index contributed by atoms with van der Waals surface area (Å²) >= 11 is 0. The lowest BCUT2D eigenvalue weighted by atomic mass is 9.95. The first-order valence-electron chi connectivity index (χ1n) is 10.9. The maximum absolute atomic E-state index is 13.0. The van der Waals surface area contributed by atoms with E-state index in [-0.39, 0.29) is 17.4 Å². The molecule has 31 heavy (non-hydrogen) atoms. The van der Waals surface area contributed by atoms with Gasteiger partial charge in [-0.3, -0.25) is 19.2 Å². The van der Waals surface area contributed by atoms with Gasteiger partial charge >= 0.3 is 0 Å². The van der Waals surface area contributed by atoms with E-state index in [1.54, 1.807) is 9.36 Å². The number of hydrogen-bond donors (Lipinski definition) is 1. The molecule has 1 N–H and O–H groups in total. The third-order valence-corrected chi connectivity index (χ3v) is 6.29. The van der Waals surface area contributed by atoms with Gasteiger partial charge < -0.3 is 5.32 Å². The fourth-order valence-electron chi connectivity index (χ4n) is 4.24. The number of aromatic nitrogens is 2. The van der Waals surface area contributed by atoms with Crippen LogP contribution in [0.3, 0.4) is 0 Å². The van der Waals surface area contributed by atoms with Gasteiger partial charge in [-0.25, -0.2) is 4.68 Å². The van der Waals surface area contributed by atoms with E-state index >= 15 is 0 Å². The summed E-state index contributed by atoms with van der Waals surface area (Å²) in [7, 11) is 1.84. The number of hydrogen-bond acceptors (Lipinski definition) is 3. The van der Waals surface area contributed by atoms with E-state index in [0.717, 1.165) is 43.9 Å². The number of likely N-dealkylation sites (tertiary alicyclic amines) is 1. The number of carbonyl (C=O) groups is 1. The SMILES string of the molecule is Cc1ccc(CN2CCC(C(=O)Nc3c(C)n(C)n(-c4ccccc4)c3=O)CC2)cc1. The van der Waals surface area contributed by atoms with Crippen molar-refractivity contribution >= 4 is 11.6 Å². The summed E-state index contributed by atoms with van der Waals surface area (Å²) in [5.74, 6) is -0.126. The van der Waals surface area contributed by atoms with E-state index < -0.39 is 0 Å². The number of aryl methyl sites for hydroxylation is 1.